The van der Waals surface area contributed by atoms with Crippen LogP contribution in [0.25, 0.3) is 0 Å². The van der Waals surface area contributed by atoms with E-state index in [2.05, 4.69) is 12.2 Å². The van der Waals surface area contributed by atoms with Gasteiger partial charge in [-0.2, -0.15) is 13.2 Å². The lowest BCUT2D eigenvalue weighted by Crippen LogP contribution is -2.64. The number of quaternary nitrogens is 1. The number of nitrogens with one attached hydrogen (secondary N) is 1. The van der Waals surface area contributed by atoms with Gasteiger partial charge in [0.05, 0.1) is 43.9 Å². The lowest BCUT2D eigenvalue weighted by Gasteiger charge is -2.46. The fraction of sp³-hybridized carbons (Fsp3) is 0.455. The summed E-state index contributed by atoms with van der Waals surface area (Å²) < 4.78 is 51.6. The Morgan fingerprint density at radius 3 is 2.30 bits per heavy atom. The van der Waals surface area contributed by atoms with E-state index in [0.29, 0.717) is 41.2 Å². The molecule has 0 aromatic heterocycles. The number of benzene rings is 2. The number of hydrogen-bond donors (Lipinski definition) is 1. The van der Waals surface area contributed by atoms with Crippen molar-refractivity contribution < 1.29 is 22.6 Å². The number of halogens is 4. The Morgan fingerprint density at radius 2 is 1.70 bits per heavy atom. The van der Waals surface area contributed by atoms with E-state index in [1.165, 1.54) is 12.1 Å². The van der Waals surface area contributed by atoms with Crippen LogP contribution in [0.15, 0.2) is 36.4 Å². The summed E-state index contributed by atoms with van der Waals surface area (Å²) in [5, 5.41) is 3.05. The highest BCUT2D eigenvalue weighted by atomic mass is 35.5. The summed E-state index contributed by atoms with van der Waals surface area (Å²) in [6.07, 6.45) is -3.80. The minimum absolute atomic E-state index is 0.0486. The number of hydrogen-bond acceptors (Lipinski definition) is 3. The van der Waals surface area contributed by atoms with Crippen LogP contribution < -0.4 is 19.3 Å². The van der Waals surface area contributed by atoms with E-state index in [1.54, 1.807) is 20.3 Å². The van der Waals surface area contributed by atoms with Crippen LogP contribution in [0.4, 0.5) is 18.9 Å². The molecule has 0 unspecified atom stereocenters. The van der Waals surface area contributed by atoms with Crippen molar-refractivity contribution in [1.82, 2.24) is 9.80 Å². The molecule has 0 spiro atoms. The largest absolute Gasteiger partial charge is 0.493 e. The molecule has 2 aromatic carbocycles. The van der Waals surface area contributed by atoms with Crippen molar-refractivity contribution in [2.24, 2.45) is 0 Å². The summed E-state index contributed by atoms with van der Waals surface area (Å²) in [7, 11) is 3.17. The maximum Gasteiger partial charge on any atom is 0.418 e. The third-order valence-corrected chi connectivity index (χ3v) is 6.30. The molecule has 164 valence electrons. The van der Waals surface area contributed by atoms with Gasteiger partial charge < -0.3 is 14.8 Å². The van der Waals surface area contributed by atoms with Crippen molar-refractivity contribution in [1.29, 1.82) is 0 Å². The number of ether oxygens (including phenoxy) is 2. The average Bonchev–Trinajstić information content (AvgIpc) is 2.73. The van der Waals surface area contributed by atoms with Crippen LogP contribution in [0.2, 0.25) is 5.02 Å². The first-order valence-corrected chi connectivity index (χ1v) is 10.2. The van der Waals surface area contributed by atoms with Gasteiger partial charge in [0.1, 0.15) is 5.69 Å². The van der Waals surface area contributed by atoms with Crippen LogP contribution >= 0.6 is 11.6 Å². The fourth-order valence-electron chi connectivity index (χ4n) is 4.28. The first-order chi connectivity index (χ1) is 14.2. The van der Waals surface area contributed by atoms with Crippen LogP contribution in [0.1, 0.15) is 18.1 Å². The van der Waals surface area contributed by atoms with Crippen molar-refractivity contribution >= 4 is 17.3 Å². The normalized spacial score (nSPS) is 17.4. The van der Waals surface area contributed by atoms with E-state index >= 15 is 0 Å². The average molecular weight is 444 g/mol. The number of alkyl halides is 3. The molecule has 1 aliphatic rings. The van der Waals surface area contributed by atoms with Crippen molar-refractivity contribution in [2.45, 2.75) is 25.6 Å². The Labute approximate surface area is 180 Å². The molecule has 0 saturated carbocycles. The van der Waals surface area contributed by atoms with Gasteiger partial charge in [-0.15, -0.1) is 0 Å². The van der Waals surface area contributed by atoms with Gasteiger partial charge in [0.25, 0.3) is 0 Å². The zero-order valence-electron chi connectivity index (χ0n) is 17.4. The molecule has 0 bridgehead atoms. The topological polar surface area (TPSA) is 30.5 Å². The second-order valence-corrected chi connectivity index (χ2v) is 8.04. The molecule has 2 aromatic rings. The van der Waals surface area contributed by atoms with Crippen LogP contribution in [0, 0.1) is 0 Å². The molecule has 0 radical (unpaired) electrons. The van der Waals surface area contributed by atoms with Gasteiger partial charge in [-0.05, 0) is 30.7 Å². The van der Waals surface area contributed by atoms with Gasteiger partial charge in [0, 0.05) is 31.6 Å². The second-order valence-electron chi connectivity index (χ2n) is 7.64. The summed E-state index contributed by atoms with van der Waals surface area (Å²) >= 11 is 5.87. The van der Waals surface area contributed by atoms with E-state index in [1.807, 2.05) is 18.2 Å². The van der Waals surface area contributed by atoms with Crippen molar-refractivity contribution in [3.8, 4) is 11.5 Å². The quantitative estimate of drug-likeness (QED) is 0.643. The molecule has 1 fully saturated rings. The molecule has 3 rings (SSSR count). The zero-order valence-corrected chi connectivity index (χ0v) is 18.1. The highest BCUT2D eigenvalue weighted by Gasteiger charge is 2.41. The summed E-state index contributed by atoms with van der Waals surface area (Å²) in [5.41, 5.74) is 0.901. The Bertz CT molecular complexity index is 883. The molecule has 8 heteroatoms. The third kappa shape index (κ3) is 4.53. The van der Waals surface area contributed by atoms with Crippen molar-refractivity contribution in [3.05, 3.63) is 52.5 Å². The monoisotopic (exact) mass is 443 g/mol. The van der Waals surface area contributed by atoms with Gasteiger partial charge in [-0.25, -0.2) is 0 Å². The van der Waals surface area contributed by atoms with E-state index in [9.17, 15) is 13.2 Å². The predicted octanol–water partition coefficient (Wildman–Crippen LogP) is 4.92. The van der Waals surface area contributed by atoms with Gasteiger partial charge in [-0.1, -0.05) is 17.7 Å². The first kappa shape index (κ1) is 22.7. The van der Waals surface area contributed by atoms with Gasteiger partial charge >= 0.3 is 6.18 Å². The Hall–Kier alpha value is -1.96. The zero-order chi connectivity index (χ0) is 21.9. The highest BCUT2D eigenvalue weighted by Crippen LogP contribution is 2.40. The molecule has 0 aliphatic carbocycles. The molecule has 4 nitrogen and oxygen atoms in total. The predicted molar refractivity (Wildman–Crippen MR) is 114 cm³/mol. The first-order valence-electron chi connectivity index (χ1n) is 9.87. The Kier molecular flexibility index (Phi) is 6.84. The SMILES string of the molecule is COc1ccc(C[C@@H](C)[N+]2(c3ccc(Cl)c(C(F)(F)F)c3)CCNCC2)cc1OC. The van der Waals surface area contributed by atoms with Crippen LogP contribution in [0.3, 0.4) is 0 Å². The summed E-state index contributed by atoms with van der Waals surface area (Å²) in [6.45, 7) is 4.96. The van der Waals surface area contributed by atoms with Gasteiger partial charge in [-0.3, -0.25) is 4.48 Å². The molecule has 1 N–H and O–H groups in total. The standard InChI is InChI=1S/C22H27ClF3N2O2/c1-15(12-16-4-7-20(29-2)21(13-16)30-3)28(10-8-27-9-11-28)17-5-6-19(23)18(14-17)22(24,25)26/h4-7,13-15,27H,8-12H2,1-3H3/q+1/t15-/m1/s1. The lowest BCUT2D eigenvalue weighted by atomic mass is 9.99. The summed E-state index contributed by atoms with van der Waals surface area (Å²) in [6, 6.07) is 10.1. The van der Waals surface area contributed by atoms with Crippen LogP contribution in [-0.2, 0) is 12.6 Å². The highest BCUT2D eigenvalue weighted by molar-refractivity contribution is 6.31. The van der Waals surface area contributed by atoms with Crippen LogP contribution in [0.5, 0.6) is 11.5 Å². The molecule has 1 aliphatic heterocycles. The number of rotatable bonds is 6. The number of piperazine rings is 1. The third-order valence-electron chi connectivity index (χ3n) is 5.97. The van der Waals surface area contributed by atoms with Crippen molar-refractivity contribution in [2.75, 3.05) is 40.4 Å². The second kappa shape index (κ2) is 9.04. The summed E-state index contributed by atoms with van der Waals surface area (Å²) in [5.74, 6) is 1.28. The summed E-state index contributed by atoms with van der Waals surface area (Å²) in [4.78, 5) is 0. The Morgan fingerprint density at radius 1 is 1.03 bits per heavy atom. The number of nitrogens with zero attached hydrogens (tertiary/aromatic N) is 1. The number of methoxy groups -OCH3 is 2. The minimum Gasteiger partial charge on any atom is -0.493 e. The smallest absolute Gasteiger partial charge is 0.418 e. The maximum atomic E-state index is 13.5. The minimum atomic E-state index is -4.49. The molecule has 1 saturated heterocycles. The van der Waals surface area contributed by atoms with E-state index in [-0.39, 0.29) is 11.1 Å². The van der Waals surface area contributed by atoms with Gasteiger partial charge in [0.15, 0.2) is 11.5 Å². The van der Waals surface area contributed by atoms with E-state index in [4.69, 9.17) is 21.1 Å². The molecule has 1 heterocycles. The molecular weight excluding hydrogens is 417 g/mol. The fourth-order valence-corrected chi connectivity index (χ4v) is 4.50. The van der Waals surface area contributed by atoms with E-state index in [0.717, 1.165) is 18.7 Å². The lowest BCUT2D eigenvalue weighted by molar-refractivity contribution is -0.137. The maximum absolute atomic E-state index is 13.5. The molecule has 30 heavy (non-hydrogen) atoms. The molecule has 0 amide bonds. The molecule has 1 atom stereocenters. The van der Waals surface area contributed by atoms with E-state index < -0.39 is 11.7 Å². The Balaban J connectivity index is 1.98. The van der Waals surface area contributed by atoms with Crippen LogP contribution in [-0.4, -0.2) is 46.4 Å². The van der Waals surface area contributed by atoms with Crippen molar-refractivity contribution in [3.63, 3.8) is 0 Å². The molecular formula is C22H27ClF3N2O2+. The van der Waals surface area contributed by atoms with Gasteiger partial charge in [0.2, 0.25) is 0 Å².